The van der Waals surface area contributed by atoms with Gasteiger partial charge in [-0.05, 0) is 30.9 Å². The first-order valence-corrected chi connectivity index (χ1v) is 7.72. The molecule has 2 atom stereocenters. The van der Waals surface area contributed by atoms with E-state index >= 15 is 0 Å². The number of nitrogens with one attached hydrogen (secondary N) is 1. The molecule has 3 heterocycles. The highest BCUT2D eigenvalue weighted by Gasteiger charge is 2.56. The number of rotatable bonds is 3. The number of likely N-dealkylation sites (tertiary alicyclic amines) is 1. The minimum absolute atomic E-state index is 0.0486. The third-order valence-corrected chi connectivity index (χ3v) is 5.17. The summed E-state index contributed by atoms with van der Waals surface area (Å²) >= 11 is 0. The minimum atomic E-state index is -0.784. The molecule has 7 nitrogen and oxygen atoms in total. The Hall–Kier alpha value is -2.57. The van der Waals surface area contributed by atoms with Crippen LogP contribution in [0.2, 0.25) is 0 Å². The van der Waals surface area contributed by atoms with E-state index in [1.807, 2.05) is 0 Å². The van der Waals surface area contributed by atoms with Crippen molar-refractivity contribution in [1.82, 2.24) is 15.1 Å². The highest BCUT2D eigenvalue weighted by molar-refractivity contribution is 5.94. The van der Waals surface area contributed by atoms with Gasteiger partial charge < -0.3 is 14.4 Å². The van der Waals surface area contributed by atoms with Gasteiger partial charge in [0.2, 0.25) is 0 Å². The minimum Gasteiger partial charge on any atom is -0.481 e. The lowest BCUT2D eigenvalue weighted by atomic mass is 9.81. The van der Waals surface area contributed by atoms with Crippen LogP contribution in [0.1, 0.15) is 29.8 Å². The summed E-state index contributed by atoms with van der Waals surface area (Å²) in [4.78, 5) is 26.0. The Morgan fingerprint density at radius 2 is 2.35 bits per heavy atom. The standard InChI is InChI=1S/C16H17N3O4/c20-14(12-7-11(17-18-12)13-4-2-6-23-13)19-8-10-3-1-5-16(10,9-19)15(21)22/h2,4,6-7,10H,1,3,5,8-9H2,(H,17,18)(H,21,22)/t10-,16+/m0/s1. The van der Waals surface area contributed by atoms with Crippen LogP contribution in [0.4, 0.5) is 0 Å². The SMILES string of the molecule is O=C(c1cc(-c2ccco2)[nH]n1)N1C[C@@H]2CCC[C@@]2(C(=O)O)C1. The van der Waals surface area contributed by atoms with Gasteiger partial charge in [-0.3, -0.25) is 14.7 Å². The second kappa shape index (κ2) is 4.97. The molecule has 1 aliphatic heterocycles. The van der Waals surface area contributed by atoms with Crippen molar-refractivity contribution in [3.63, 3.8) is 0 Å². The Morgan fingerprint density at radius 1 is 1.48 bits per heavy atom. The number of aromatic nitrogens is 2. The molecule has 0 spiro atoms. The fourth-order valence-corrected chi connectivity index (χ4v) is 3.94. The maximum Gasteiger partial charge on any atom is 0.311 e. The van der Waals surface area contributed by atoms with E-state index in [1.165, 1.54) is 0 Å². The smallest absolute Gasteiger partial charge is 0.311 e. The zero-order chi connectivity index (χ0) is 16.0. The number of aromatic amines is 1. The summed E-state index contributed by atoms with van der Waals surface area (Å²) in [7, 11) is 0. The van der Waals surface area contributed by atoms with Crippen LogP contribution in [0.25, 0.3) is 11.5 Å². The van der Waals surface area contributed by atoms with Gasteiger partial charge in [0.1, 0.15) is 5.69 Å². The molecular formula is C16H17N3O4. The molecule has 2 fully saturated rings. The maximum absolute atomic E-state index is 12.6. The third kappa shape index (κ3) is 2.07. The zero-order valence-corrected chi connectivity index (χ0v) is 12.5. The van der Waals surface area contributed by atoms with Gasteiger partial charge >= 0.3 is 5.97 Å². The lowest BCUT2D eigenvalue weighted by Gasteiger charge is -2.22. The van der Waals surface area contributed by atoms with Gasteiger partial charge in [0, 0.05) is 19.2 Å². The summed E-state index contributed by atoms with van der Waals surface area (Å²) in [5.74, 6) is -0.355. The summed E-state index contributed by atoms with van der Waals surface area (Å²) in [6, 6.07) is 5.18. The van der Waals surface area contributed by atoms with Gasteiger partial charge in [-0.1, -0.05) is 6.42 Å². The number of carbonyl (C=O) groups is 2. The van der Waals surface area contributed by atoms with Gasteiger partial charge in [0.05, 0.1) is 11.7 Å². The molecule has 120 valence electrons. The first-order chi connectivity index (χ1) is 11.1. The molecule has 7 heteroatoms. The Bertz CT molecular complexity index is 751. The van der Waals surface area contributed by atoms with E-state index in [4.69, 9.17) is 4.42 Å². The van der Waals surface area contributed by atoms with Gasteiger partial charge in [0.15, 0.2) is 11.5 Å². The number of H-pyrrole nitrogens is 1. The molecule has 0 aromatic carbocycles. The van der Waals surface area contributed by atoms with Gasteiger partial charge in [0.25, 0.3) is 5.91 Å². The lowest BCUT2D eigenvalue weighted by Crippen LogP contribution is -2.37. The Morgan fingerprint density at radius 3 is 3.04 bits per heavy atom. The van der Waals surface area contributed by atoms with Crippen molar-refractivity contribution in [3.8, 4) is 11.5 Å². The number of furan rings is 1. The van der Waals surface area contributed by atoms with E-state index in [1.54, 1.807) is 29.4 Å². The van der Waals surface area contributed by atoms with Gasteiger partial charge in [-0.2, -0.15) is 5.10 Å². The molecule has 2 aromatic rings. The highest BCUT2D eigenvalue weighted by atomic mass is 16.4. The van der Waals surface area contributed by atoms with Crippen LogP contribution in [0.15, 0.2) is 28.9 Å². The number of amides is 1. The Kier molecular flexibility index (Phi) is 3.04. The largest absolute Gasteiger partial charge is 0.481 e. The Balaban J connectivity index is 1.56. The molecule has 1 amide bonds. The monoisotopic (exact) mass is 315 g/mol. The van der Waals surface area contributed by atoms with Crippen LogP contribution in [-0.4, -0.2) is 45.2 Å². The second-order valence-electron chi connectivity index (χ2n) is 6.38. The number of hydrogen-bond acceptors (Lipinski definition) is 4. The number of fused-ring (bicyclic) bond motifs is 1. The molecule has 1 aliphatic carbocycles. The second-order valence-corrected chi connectivity index (χ2v) is 6.38. The molecule has 23 heavy (non-hydrogen) atoms. The normalized spacial score (nSPS) is 26.4. The zero-order valence-electron chi connectivity index (χ0n) is 12.5. The molecule has 0 radical (unpaired) electrons. The molecule has 0 bridgehead atoms. The number of aliphatic carboxylic acids is 1. The quantitative estimate of drug-likeness (QED) is 0.902. The summed E-state index contributed by atoms with van der Waals surface area (Å²) in [6.07, 6.45) is 3.99. The van der Waals surface area contributed by atoms with Crippen LogP contribution in [-0.2, 0) is 4.79 Å². The molecule has 2 aliphatic rings. The van der Waals surface area contributed by atoms with E-state index in [0.717, 1.165) is 12.8 Å². The third-order valence-electron chi connectivity index (χ3n) is 5.17. The van der Waals surface area contributed by atoms with Crippen molar-refractivity contribution >= 4 is 11.9 Å². The van der Waals surface area contributed by atoms with Crippen LogP contribution >= 0.6 is 0 Å². The summed E-state index contributed by atoms with van der Waals surface area (Å²) < 4.78 is 5.27. The number of carboxylic acids is 1. The van der Waals surface area contributed by atoms with Gasteiger partial charge in [-0.25, -0.2) is 0 Å². The van der Waals surface area contributed by atoms with Crippen molar-refractivity contribution < 1.29 is 19.1 Å². The molecular weight excluding hydrogens is 298 g/mol. The predicted octanol–water partition coefficient (Wildman–Crippen LogP) is 2.00. The van der Waals surface area contributed by atoms with Crippen molar-refractivity contribution in [1.29, 1.82) is 0 Å². The maximum atomic E-state index is 12.6. The van der Waals surface area contributed by atoms with E-state index in [0.29, 0.717) is 24.4 Å². The van der Waals surface area contributed by atoms with Crippen molar-refractivity contribution in [2.75, 3.05) is 13.1 Å². The summed E-state index contributed by atoms with van der Waals surface area (Å²) in [5, 5.41) is 16.4. The number of hydrogen-bond donors (Lipinski definition) is 2. The van der Waals surface area contributed by atoms with E-state index in [9.17, 15) is 14.7 Å². The number of carbonyl (C=O) groups excluding carboxylic acids is 1. The van der Waals surface area contributed by atoms with E-state index < -0.39 is 11.4 Å². The molecule has 0 unspecified atom stereocenters. The van der Waals surface area contributed by atoms with Gasteiger partial charge in [-0.15, -0.1) is 0 Å². The Labute approximate surface area is 132 Å². The highest BCUT2D eigenvalue weighted by Crippen LogP contribution is 2.49. The summed E-state index contributed by atoms with van der Waals surface area (Å²) in [5.41, 5.74) is 0.151. The average molecular weight is 315 g/mol. The van der Waals surface area contributed by atoms with E-state index in [-0.39, 0.29) is 24.1 Å². The molecule has 1 saturated carbocycles. The van der Waals surface area contributed by atoms with Crippen LogP contribution in [0.3, 0.4) is 0 Å². The fraction of sp³-hybridized carbons (Fsp3) is 0.438. The first kappa shape index (κ1) is 14.0. The summed E-state index contributed by atoms with van der Waals surface area (Å²) in [6.45, 7) is 0.767. The molecule has 1 saturated heterocycles. The average Bonchev–Trinajstić information content (AvgIpc) is 3.27. The van der Waals surface area contributed by atoms with Crippen molar-refractivity contribution in [2.45, 2.75) is 19.3 Å². The van der Waals surface area contributed by atoms with Crippen molar-refractivity contribution in [3.05, 3.63) is 30.2 Å². The topological polar surface area (TPSA) is 99.4 Å². The number of carboxylic acid groups (broad SMARTS) is 1. The molecule has 2 aromatic heterocycles. The van der Waals surface area contributed by atoms with Crippen LogP contribution < -0.4 is 0 Å². The predicted molar refractivity (Wildman–Crippen MR) is 79.6 cm³/mol. The van der Waals surface area contributed by atoms with E-state index in [2.05, 4.69) is 10.2 Å². The molecule has 2 N–H and O–H groups in total. The first-order valence-electron chi connectivity index (χ1n) is 7.72. The lowest BCUT2D eigenvalue weighted by molar-refractivity contribution is -0.149. The van der Waals surface area contributed by atoms with Crippen LogP contribution in [0, 0.1) is 11.3 Å². The van der Waals surface area contributed by atoms with Crippen molar-refractivity contribution in [2.24, 2.45) is 11.3 Å². The number of nitrogens with zero attached hydrogens (tertiary/aromatic N) is 2. The molecule has 4 rings (SSSR count). The fourth-order valence-electron chi connectivity index (χ4n) is 3.94. The van der Waals surface area contributed by atoms with Crippen LogP contribution in [0.5, 0.6) is 0 Å².